The van der Waals surface area contributed by atoms with Gasteiger partial charge < -0.3 is 14.4 Å². The first-order chi connectivity index (χ1) is 17.0. The van der Waals surface area contributed by atoms with Gasteiger partial charge in [0.2, 0.25) is 0 Å². The van der Waals surface area contributed by atoms with Gasteiger partial charge in [0.05, 0.1) is 18.7 Å². The van der Waals surface area contributed by atoms with Gasteiger partial charge in [0.1, 0.15) is 0 Å². The van der Waals surface area contributed by atoms with Crippen molar-refractivity contribution in [3.63, 3.8) is 0 Å². The lowest BCUT2D eigenvalue weighted by Crippen LogP contribution is -2.38. The van der Waals surface area contributed by atoms with Crippen LogP contribution in [0.4, 0.5) is 0 Å². The van der Waals surface area contributed by atoms with Gasteiger partial charge in [-0.1, -0.05) is 41.9 Å². The Morgan fingerprint density at radius 1 is 0.943 bits per heavy atom. The second-order valence-electron chi connectivity index (χ2n) is 9.25. The lowest BCUT2D eigenvalue weighted by molar-refractivity contribution is -0.117. The van der Waals surface area contributed by atoms with Crippen LogP contribution in [0.25, 0.3) is 0 Å². The molecule has 2 aromatic rings. The minimum atomic E-state index is -0.435. The van der Waals surface area contributed by atoms with Crippen molar-refractivity contribution < 1.29 is 19.1 Å². The minimum Gasteiger partial charge on any atom is -0.493 e. The van der Waals surface area contributed by atoms with Crippen LogP contribution in [0.5, 0.6) is 11.5 Å². The quantitative estimate of drug-likeness (QED) is 0.470. The molecule has 1 aliphatic heterocycles. The Morgan fingerprint density at radius 2 is 1.57 bits per heavy atom. The molecule has 0 saturated carbocycles. The van der Waals surface area contributed by atoms with E-state index < -0.39 is 5.92 Å². The number of carbonyl (C=O) groups is 2. The van der Waals surface area contributed by atoms with Crippen LogP contribution in [0.3, 0.4) is 0 Å². The van der Waals surface area contributed by atoms with E-state index in [-0.39, 0.29) is 11.6 Å². The van der Waals surface area contributed by atoms with Gasteiger partial charge in [-0.05, 0) is 55.9 Å². The van der Waals surface area contributed by atoms with E-state index in [9.17, 15) is 9.59 Å². The Morgan fingerprint density at radius 3 is 2.14 bits per heavy atom. The smallest absolute Gasteiger partial charge is 0.179 e. The summed E-state index contributed by atoms with van der Waals surface area (Å²) < 4.78 is 11.3. The summed E-state index contributed by atoms with van der Waals surface area (Å²) in [5, 5.41) is 0.420. The Hall–Kier alpha value is -3.05. The van der Waals surface area contributed by atoms with Crippen LogP contribution in [0, 0.1) is 0 Å². The third-order valence-electron chi connectivity index (χ3n) is 7.14. The van der Waals surface area contributed by atoms with Crippen molar-refractivity contribution in [2.75, 3.05) is 13.7 Å². The number of allylic oxidation sites excluding steroid dienone is 4. The Bertz CT molecular complexity index is 1190. The van der Waals surface area contributed by atoms with E-state index >= 15 is 0 Å². The van der Waals surface area contributed by atoms with Crippen LogP contribution < -0.4 is 9.47 Å². The monoisotopic (exact) mass is 491 g/mol. The second-order valence-corrected chi connectivity index (χ2v) is 9.65. The average Bonchev–Trinajstić information content (AvgIpc) is 2.86. The molecule has 0 fully saturated rings. The van der Waals surface area contributed by atoms with Gasteiger partial charge in [-0.2, -0.15) is 0 Å². The minimum absolute atomic E-state index is 0.114. The van der Waals surface area contributed by atoms with E-state index in [1.165, 1.54) is 0 Å². The Kier molecular flexibility index (Phi) is 6.70. The number of hydrogen-bond donors (Lipinski definition) is 0. The number of Topliss-reactive ketones (excluding diaryl/α,β-unsaturated/α-hetero) is 2. The molecule has 35 heavy (non-hydrogen) atoms. The van der Waals surface area contributed by atoms with Gasteiger partial charge in [0.15, 0.2) is 23.1 Å². The number of benzene rings is 2. The summed E-state index contributed by atoms with van der Waals surface area (Å²) >= 11 is 6.65. The third kappa shape index (κ3) is 4.27. The molecule has 0 atom stereocenters. The fourth-order valence-electron chi connectivity index (χ4n) is 5.70. The van der Waals surface area contributed by atoms with Crippen LogP contribution in [-0.4, -0.2) is 30.2 Å². The van der Waals surface area contributed by atoms with E-state index in [0.29, 0.717) is 42.5 Å². The largest absolute Gasteiger partial charge is 0.493 e. The Balaban J connectivity index is 1.71. The number of hydrogen-bond acceptors (Lipinski definition) is 5. The van der Waals surface area contributed by atoms with Crippen molar-refractivity contribution in [2.45, 2.75) is 57.9 Å². The number of rotatable bonds is 6. The summed E-state index contributed by atoms with van der Waals surface area (Å²) in [6.45, 7) is 3.00. The molecule has 0 aromatic heterocycles. The van der Waals surface area contributed by atoms with Crippen molar-refractivity contribution in [3.05, 3.63) is 81.2 Å². The molecule has 5 rings (SSSR count). The van der Waals surface area contributed by atoms with Crippen LogP contribution >= 0.6 is 11.6 Å². The molecule has 182 valence electrons. The van der Waals surface area contributed by atoms with Crippen LogP contribution in [0.2, 0.25) is 5.02 Å². The van der Waals surface area contributed by atoms with Gasteiger partial charge in [0, 0.05) is 47.8 Å². The zero-order valence-corrected chi connectivity index (χ0v) is 21.0. The average molecular weight is 492 g/mol. The summed E-state index contributed by atoms with van der Waals surface area (Å²) in [7, 11) is 1.58. The highest BCUT2D eigenvalue weighted by molar-refractivity contribution is 6.32. The maximum Gasteiger partial charge on any atom is 0.179 e. The van der Waals surface area contributed by atoms with Crippen molar-refractivity contribution in [1.29, 1.82) is 0 Å². The Labute approximate surface area is 211 Å². The molecule has 3 aliphatic rings. The van der Waals surface area contributed by atoms with E-state index in [1.54, 1.807) is 7.11 Å². The van der Waals surface area contributed by atoms with E-state index in [1.807, 2.05) is 37.3 Å². The molecule has 0 amide bonds. The number of carbonyl (C=O) groups excluding carboxylic acids is 2. The van der Waals surface area contributed by atoms with Gasteiger partial charge in [-0.25, -0.2) is 0 Å². The van der Waals surface area contributed by atoms with Crippen molar-refractivity contribution in [1.82, 2.24) is 4.90 Å². The maximum absolute atomic E-state index is 13.5. The predicted octanol–water partition coefficient (Wildman–Crippen LogP) is 6.36. The van der Waals surface area contributed by atoms with Crippen LogP contribution in [-0.2, 0) is 16.1 Å². The molecule has 1 heterocycles. The topological polar surface area (TPSA) is 55.8 Å². The van der Waals surface area contributed by atoms with Gasteiger partial charge in [0.25, 0.3) is 0 Å². The number of nitrogens with zero attached hydrogens (tertiary/aromatic N) is 1. The molecule has 0 unspecified atom stereocenters. The fraction of sp³-hybridized carbons (Fsp3) is 0.379. The van der Waals surface area contributed by atoms with Gasteiger partial charge in [-0.15, -0.1) is 0 Å². The second kappa shape index (κ2) is 9.90. The molecule has 2 aromatic carbocycles. The van der Waals surface area contributed by atoms with E-state index in [0.717, 1.165) is 59.4 Å². The summed E-state index contributed by atoms with van der Waals surface area (Å²) in [6, 6.07) is 14.0. The summed E-state index contributed by atoms with van der Waals surface area (Å²) in [5.74, 6) is 0.785. The van der Waals surface area contributed by atoms with Gasteiger partial charge in [-0.3, -0.25) is 9.59 Å². The highest BCUT2D eigenvalue weighted by atomic mass is 35.5. The molecule has 5 nitrogen and oxygen atoms in total. The van der Waals surface area contributed by atoms with Crippen molar-refractivity contribution >= 4 is 23.2 Å². The van der Waals surface area contributed by atoms with E-state index in [2.05, 4.69) is 17.0 Å². The fourth-order valence-corrected chi connectivity index (χ4v) is 5.97. The molecule has 0 N–H and O–H groups in total. The number of ether oxygens (including phenoxy) is 2. The zero-order chi connectivity index (χ0) is 24.5. The normalized spacial score (nSPS) is 18.5. The van der Waals surface area contributed by atoms with Crippen molar-refractivity contribution in [2.24, 2.45) is 0 Å². The zero-order valence-electron chi connectivity index (χ0n) is 20.2. The lowest BCUT2D eigenvalue weighted by atomic mass is 9.71. The van der Waals surface area contributed by atoms with Crippen molar-refractivity contribution in [3.8, 4) is 11.5 Å². The van der Waals surface area contributed by atoms with Crippen LogP contribution in [0.15, 0.2) is 65.0 Å². The molecular weight excluding hydrogens is 462 g/mol. The molecule has 0 radical (unpaired) electrons. The summed E-state index contributed by atoms with van der Waals surface area (Å²) in [4.78, 5) is 29.2. The summed E-state index contributed by atoms with van der Waals surface area (Å²) in [6.07, 6.45) is 4.26. The first-order valence-electron chi connectivity index (χ1n) is 12.4. The predicted molar refractivity (Wildman–Crippen MR) is 136 cm³/mol. The molecular formula is C29H30ClNO4. The highest BCUT2D eigenvalue weighted by Gasteiger charge is 2.43. The standard InChI is InChI=1S/C29H30ClNO4/c1-3-35-29-20(30)15-19(16-25(29)34-2)26-27-21(11-7-13-23(27)32)31(17-18-9-5-4-6-10-18)22-12-8-14-24(33)28(22)26/h4-6,9-10,15-16,26H,3,7-8,11-14,17H2,1-2H3. The molecule has 6 heteroatoms. The lowest BCUT2D eigenvalue weighted by Gasteiger charge is -2.44. The molecule has 0 saturated heterocycles. The van der Waals surface area contributed by atoms with Gasteiger partial charge >= 0.3 is 0 Å². The number of methoxy groups -OCH3 is 1. The van der Waals surface area contributed by atoms with E-state index in [4.69, 9.17) is 21.1 Å². The SMILES string of the molecule is CCOc1c(Cl)cc(C2C3=C(CCCC3=O)N(Cc3ccccc3)C3=C2C(=O)CCC3)cc1OC. The molecule has 2 aliphatic carbocycles. The first-order valence-corrected chi connectivity index (χ1v) is 12.8. The summed E-state index contributed by atoms with van der Waals surface area (Å²) in [5.41, 5.74) is 5.54. The molecule has 0 bridgehead atoms. The van der Waals surface area contributed by atoms with Crippen LogP contribution in [0.1, 0.15) is 62.5 Å². The first kappa shape index (κ1) is 23.7. The number of halogens is 1. The maximum atomic E-state index is 13.5. The third-order valence-corrected chi connectivity index (χ3v) is 7.42. The highest BCUT2D eigenvalue weighted by Crippen LogP contribution is 2.51. The number of ketones is 2. The molecule has 0 spiro atoms.